The van der Waals surface area contributed by atoms with Gasteiger partial charge in [-0.3, -0.25) is 9.59 Å². The van der Waals surface area contributed by atoms with Gasteiger partial charge in [0.1, 0.15) is 6.04 Å². The lowest BCUT2D eigenvalue weighted by Crippen LogP contribution is -3.07. The van der Waals surface area contributed by atoms with E-state index in [1.54, 1.807) is 0 Å². The molecule has 0 radical (unpaired) electrons. The molecule has 0 aliphatic carbocycles. The minimum atomic E-state index is -0.599. The first-order valence-electron chi connectivity index (χ1n) is 8.19. The highest BCUT2D eigenvalue weighted by Crippen LogP contribution is 2.16. The third-order valence-corrected chi connectivity index (χ3v) is 3.67. The summed E-state index contributed by atoms with van der Waals surface area (Å²) in [6, 6.07) is 8.31. The van der Waals surface area contributed by atoms with Crippen molar-refractivity contribution in [3.05, 3.63) is 29.8 Å². The Labute approximate surface area is 145 Å². The third-order valence-electron chi connectivity index (χ3n) is 3.67. The van der Waals surface area contributed by atoms with Gasteiger partial charge in [0.15, 0.2) is 0 Å². The maximum Gasteiger partial charge on any atom is 0.309 e. The number of benzene rings is 1. The molecule has 0 saturated carbocycles. The summed E-state index contributed by atoms with van der Waals surface area (Å²) in [7, 11) is 8.06. The Kier molecular flexibility index (Phi) is 6.78. The zero-order valence-corrected chi connectivity index (χ0v) is 15.9. The van der Waals surface area contributed by atoms with Crippen molar-refractivity contribution in [1.82, 2.24) is 10.6 Å². The lowest BCUT2D eigenvalue weighted by molar-refractivity contribution is -0.890. The van der Waals surface area contributed by atoms with E-state index >= 15 is 0 Å². The zero-order valence-electron chi connectivity index (χ0n) is 15.9. The van der Waals surface area contributed by atoms with E-state index in [-0.39, 0.29) is 6.04 Å². The minimum Gasteiger partial charge on any atom is -0.378 e. The summed E-state index contributed by atoms with van der Waals surface area (Å²) in [5.41, 5.74) is 1.82. The molecule has 1 aromatic rings. The molecule has 24 heavy (non-hydrogen) atoms. The number of nitrogens with one attached hydrogen (secondary N) is 3. The Morgan fingerprint density at radius 1 is 1.08 bits per heavy atom. The lowest BCUT2D eigenvalue weighted by atomic mass is 10.1. The molecule has 2 amide bonds. The summed E-state index contributed by atoms with van der Waals surface area (Å²) in [5, 5.41) is 5.41. The monoisotopic (exact) mass is 335 g/mol. The summed E-state index contributed by atoms with van der Waals surface area (Å²) in [6.07, 6.45) is 0. The van der Waals surface area contributed by atoms with Gasteiger partial charge >= 0.3 is 11.8 Å². The molecule has 0 spiro atoms. The van der Waals surface area contributed by atoms with Crippen molar-refractivity contribution in [2.45, 2.75) is 32.4 Å². The first kappa shape index (κ1) is 20.0. The van der Waals surface area contributed by atoms with Crippen molar-refractivity contribution in [2.24, 2.45) is 0 Å². The minimum absolute atomic E-state index is 0.0765. The van der Waals surface area contributed by atoms with Gasteiger partial charge in [-0.1, -0.05) is 12.1 Å². The van der Waals surface area contributed by atoms with Gasteiger partial charge in [-0.2, -0.15) is 0 Å². The van der Waals surface area contributed by atoms with Crippen molar-refractivity contribution in [3.63, 3.8) is 0 Å². The zero-order chi connectivity index (χ0) is 18.5. The number of likely N-dealkylation sites (N-methyl/N-ethyl adjacent to an activating group) is 1. The van der Waals surface area contributed by atoms with Crippen LogP contribution in [0.15, 0.2) is 24.3 Å². The predicted molar refractivity (Wildman–Crippen MR) is 97.2 cm³/mol. The Morgan fingerprint density at radius 3 is 2.04 bits per heavy atom. The molecule has 6 nitrogen and oxygen atoms in total. The van der Waals surface area contributed by atoms with Crippen LogP contribution in [0.1, 0.15) is 32.4 Å². The molecule has 0 aliphatic rings. The first-order chi connectivity index (χ1) is 11.0. The van der Waals surface area contributed by atoms with Crippen molar-refractivity contribution < 1.29 is 14.5 Å². The van der Waals surface area contributed by atoms with Crippen molar-refractivity contribution in [1.29, 1.82) is 0 Å². The molecule has 0 saturated heterocycles. The van der Waals surface area contributed by atoms with Gasteiger partial charge in [0.05, 0.1) is 20.6 Å². The summed E-state index contributed by atoms with van der Waals surface area (Å²) in [5.74, 6) is -1.20. The molecule has 0 bridgehead atoms. The molecule has 1 aromatic carbocycles. The van der Waals surface area contributed by atoms with Gasteiger partial charge in [0, 0.05) is 30.9 Å². The Balaban J connectivity index is 2.73. The second-order valence-corrected chi connectivity index (χ2v) is 7.53. The number of amides is 2. The maximum absolute atomic E-state index is 12.0. The highest BCUT2D eigenvalue weighted by molar-refractivity contribution is 6.35. The average molecular weight is 335 g/mol. The quantitative estimate of drug-likeness (QED) is 0.662. The van der Waals surface area contributed by atoms with Crippen LogP contribution in [0.25, 0.3) is 0 Å². The van der Waals surface area contributed by atoms with Crippen LogP contribution in [0.5, 0.6) is 0 Å². The van der Waals surface area contributed by atoms with Gasteiger partial charge < -0.3 is 20.4 Å². The Hall–Kier alpha value is -2.08. The maximum atomic E-state index is 12.0. The van der Waals surface area contributed by atoms with E-state index in [0.717, 1.165) is 11.3 Å². The Bertz CT molecular complexity index is 559. The van der Waals surface area contributed by atoms with Crippen LogP contribution in [-0.2, 0) is 9.59 Å². The number of hydrogen-bond acceptors (Lipinski definition) is 3. The van der Waals surface area contributed by atoms with Crippen LogP contribution in [0, 0.1) is 0 Å². The molecule has 1 atom stereocenters. The molecule has 0 unspecified atom stereocenters. The molecule has 6 heteroatoms. The van der Waals surface area contributed by atoms with Crippen molar-refractivity contribution >= 4 is 17.5 Å². The smallest absolute Gasteiger partial charge is 0.309 e. The summed E-state index contributed by atoms with van der Waals surface area (Å²) in [6.45, 7) is 5.94. The fraction of sp³-hybridized carbons (Fsp3) is 0.556. The van der Waals surface area contributed by atoms with E-state index in [1.807, 2.05) is 53.9 Å². The number of quaternary nitrogens is 1. The second kappa shape index (κ2) is 8.15. The molecule has 134 valence electrons. The average Bonchev–Trinajstić information content (AvgIpc) is 2.45. The summed E-state index contributed by atoms with van der Waals surface area (Å²) in [4.78, 5) is 27.1. The van der Waals surface area contributed by atoms with E-state index < -0.39 is 17.4 Å². The normalized spacial score (nSPS) is 12.7. The fourth-order valence-electron chi connectivity index (χ4n) is 2.33. The number of carbonyl (C=O) groups excluding carboxylic acids is 2. The SMILES string of the molecule is CN(C)c1ccc([C@H](CNC(=O)C(=O)NC(C)(C)C)[NH+](C)C)cc1. The third kappa shape index (κ3) is 6.20. The second-order valence-electron chi connectivity index (χ2n) is 7.53. The topological polar surface area (TPSA) is 65.9 Å². The van der Waals surface area contributed by atoms with Crippen LogP contribution in [0.4, 0.5) is 5.69 Å². The van der Waals surface area contributed by atoms with Gasteiger partial charge in [-0.15, -0.1) is 0 Å². The number of hydrogen-bond donors (Lipinski definition) is 3. The largest absolute Gasteiger partial charge is 0.378 e. The molecule has 0 fully saturated rings. The highest BCUT2D eigenvalue weighted by Gasteiger charge is 2.23. The van der Waals surface area contributed by atoms with E-state index in [1.165, 1.54) is 4.90 Å². The van der Waals surface area contributed by atoms with Gasteiger partial charge in [0.25, 0.3) is 0 Å². The molecule has 0 heterocycles. The highest BCUT2D eigenvalue weighted by atomic mass is 16.2. The van der Waals surface area contributed by atoms with Crippen molar-refractivity contribution in [3.8, 4) is 0 Å². The standard InChI is InChI=1S/C18H30N4O2/c1-18(2,3)20-17(24)16(23)19-12-15(22(6)7)13-8-10-14(11-9-13)21(4)5/h8-11,15H,12H2,1-7H3,(H,19,23)(H,20,24)/p+1/t15-/m0/s1. The first-order valence-corrected chi connectivity index (χ1v) is 8.19. The van der Waals surface area contributed by atoms with Crippen LogP contribution >= 0.6 is 0 Å². The number of nitrogens with zero attached hydrogens (tertiary/aromatic N) is 1. The van der Waals surface area contributed by atoms with Gasteiger partial charge in [-0.05, 0) is 32.9 Å². The number of anilines is 1. The Morgan fingerprint density at radius 2 is 1.62 bits per heavy atom. The van der Waals surface area contributed by atoms with Crippen LogP contribution in [0.2, 0.25) is 0 Å². The van der Waals surface area contributed by atoms with Gasteiger partial charge in [0.2, 0.25) is 0 Å². The summed E-state index contributed by atoms with van der Waals surface area (Å²) < 4.78 is 0. The van der Waals surface area contributed by atoms with Crippen molar-refractivity contribution in [2.75, 3.05) is 39.6 Å². The lowest BCUT2D eigenvalue weighted by Gasteiger charge is -2.24. The van der Waals surface area contributed by atoms with Gasteiger partial charge in [-0.25, -0.2) is 0 Å². The van der Waals surface area contributed by atoms with Crippen LogP contribution in [-0.4, -0.2) is 52.1 Å². The van der Waals surface area contributed by atoms with E-state index in [0.29, 0.717) is 6.54 Å². The molecule has 3 N–H and O–H groups in total. The van der Waals surface area contributed by atoms with Crippen LogP contribution < -0.4 is 20.4 Å². The predicted octanol–water partition coefficient (Wildman–Crippen LogP) is -0.0309. The summed E-state index contributed by atoms with van der Waals surface area (Å²) >= 11 is 0. The number of rotatable bonds is 5. The molecular weight excluding hydrogens is 304 g/mol. The number of carbonyl (C=O) groups is 2. The van der Waals surface area contributed by atoms with E-state index in [9.17, 15) is 9.59 Å². The molecular formula is C18H31N4O2+. The molecule has 0 aromatic heterocycles. The fourth-order valence-corrected chi connectivity index (χ4v) is 2.33. The molecule has 0 aliphatic heterocycles. The van der Waals surface area contributed by atoms with E-state index in [4.69, 9.17) is 0 Å². The van der Waals surface area contributed by atoms with E-state index in [2.05, 4.69) is 34.9 Å². The molecule has 1 rings (SSSR count). The van der Waals surface area contributed by atoms with Crippen LogP contribution in [0.3, 0.4) is 0 Å².